The molecular formula is C15H25ClN2O. The van der Waals surface area contributed by atoms with Crippen LogP contribution in [0, 0.1) is 11.8 Å². The van der Waals surface area contributed by atoms with Crippen LogP contribution >= 0.6 is 12.4 Å². The average Bonchev–Trinajstić information content (AvgIpc) is 2.36. The molecule has 0 aliphatic rings. The number of hydrogen-bond acceptors (Lipinski definition) is 2. The second-order valence-electron chi connectivity index (χ2n) is 5.50. The van der Waals surface area contributed by atoms with Gasteiger partial charge in [-0.05, 0) is 24.3 Å². The molecule has 1 aromatic carbocycles. The Labute approximate surface area is 122 Å². The molecule has 0 bridgehead atoms. The summed E-state index contributed by atoms with van der Waals surface area (Å²) in [4.78, 5) is 12.2. The van der Waals surface area contributed by atoms with Crippen LogP contribution in [0.2, 0.25) is 0 Å². The largest absolute Gasteiger partial charge is 0.354 e. The summed E-state index contributed by atoms with van der Waals surface area (Å²) in [6.07, 6.45) is 0. The van der Waals surface area contributed by atoms with Crippen molar-refractivity contribution in [3.05, 3.63) is 35.9 Å². The van der Waals surface area contributed by atoms with Crippen LogP contribution in [0.4, 0.5) is 0 Å². The van der Waals surface area contributed by atoms with E-state index in [1.165, 1.54) is 0 Å². The van der Waals surface area contributed by atoms with Gasteiger partial charge in [0.15, 0.2) is 0 Å². The van der Waals surface area contributed by atoms with Crippen molar-refractivity contribution in [3.8, 4) is 0 Å². The van der Waals surface area contributed by atoms with E-state index in [-0.39, 0.29) is 18.3 Å². The number of halogens is 1. The number of amides is 1. The fraction of sp³-hybridized carbons (Fsp3) is 0.533. The Bertz CT molecular complexity index is 390. The topological polar surface area (TPSA) is 55.1 Å². The maximum absolute atomic E-state index is 12.2. The highest BCUT2D eigenvalue weighted by Crippen LogP contribution is 2.17. The van der Waals surface area contributed by atoms with Gasteiger partial charge in [-0.2, -0.15) is 0 Å². The molecule has 0 aliphatic heterocycles. The Balaban J connectivity index is 0.00000324. The van der Waals surface area contributed by atoms with Crippen molar-refractivity contribution in [2.45, 2.75) is 33.2 Å². The lowest BCUT2D eigenvalue weighted by Crippen LogP contribution is -2.50. The number of benzene rings is 1. The highest BCUT2D eigenvalue weighted by atomic mass is 35.5. The van der Waals surface area contributed by atoms with Gasteiger partial charge in [0, 0.05) is 6.54 Å². The predicted molar refractivity (Wildman–Crippen MR) is 82.2 cm³/mol. The number of carbonyl (C=O) groups excluding carboxylic acids is 1. The number of nitrogens with one attached hydrogen (secondary N) is 1. The van der Waals surface area contributed by atoms with Gasteiger partial charge < -0.3 is 11.1 Å². The van der Waals surface area contributed by atoms with E-state index in [4.69, 9.17) is 5.73 Å². The maximum Gasteiger partial charge on any atom is 0.244 e. The van der Waals surface area contributed by atoms with Gasteiger partial charge in [0.2, 0.25) is 5.91 Å². The molecular weight excluding hydrogens is 260 g/mol. The zero-order valence-electron chi connectivity index (χ0n) is 12.1. The molecule has 108 valence electrons. The van der Waals surface area contributed by atoms with Crippen LogP contribution < -0.4 is 11.1 Å². The first-order valence-corrected chi connectivity index (χ1v) is 6.48. The van der Waals surface area contributed by atoms with Gasteiger partial charge in [-0.3, -0.25) is 4.79 Å². The van der Waals surface area contributed by atoms with Gasteiger partial charge >= 0.3 is 0 Å². The summed E-state index contributed by atoms with van der Waals surface area (Å²) in [6, 6.07) is 9.46. The lowest BCUT2D eigenvalue weighted by atomic mass is 9.91. The number of nitrogens with two attached hydrogens (primary N) is 1. The van der Waals surface area contributed by atoms with Crippen molar-refractivity contribution in [2.24, 2.45) is 17.6 Å². The van der Waals surface area contributed by atoms with E-state index in [1.807, 2.05) is 30.3 Å². The molecule has 1 rings (SSSR count). The molecule has 2 unspecified atom stereocenters. The van der Waals surface area contributed by atoms with Crippen LogP contribution in [0.1, 0.15) is 33.3 Å². The minimum atomic E-state index is -0.974. The minimum Gasteiger partial charge on any atom is -0.354 e. The third-order valence-corrected chi connectivity index (χ3v) is 3.57. The molecule has 0 spiro atoms. The Kier molecular flexibility index (Phi) is 7.09. The highest BCUT2D eigenvalue weighted by molar-refractivity contribution is 5.87. The molecule has 19 heavy (non-hydrogen) atoms. The van der Waals surface area contributed by atoms with Crippen LogP contribution in [0.3, 0.4) is 0 Å². The smallest absolute Gasteiger partial charge is 0.244 e. The van der Waals surface area contributed by atoms with Gasteiger partial charge in [0.1, 0.15) is 5.54 Å². The van der Waals surface area contributed by atoms with Gasteiger partial charge in [0.05, 0.1) is 0 Å². The van der Waals surface area contributed by atoms with Crippen molar-refractivity contribution in [3.63, 3.8) is 0 Å². The summed E-state index contributed by atoms with van der Waals surface area (Å²) in [6.45, 7) is 8.83. The maximum atomic E-state index is 12.2. The molecule has 0 saturated carbocycles. The molecule has 0 radical (unpaired) electrons. The SMILES string of the molecule is CC(C)C(C)CNC(=O)C(C)(N)c1ccccc1.Cl. The summed E-state index contributed by atoms with van der Waals surface area (Å²) in [5.41, 5.74) is 5.99. The zero-order valence-corrected chi connectivity index (χ0v) is 13.0. The highest BCUT2D eigenvalue weighted by Gasteiger charge is 2.30. The van der Waals surface area contributed by atoms with Crippen LogP contribution in [-0.4, -0.2) is 12.5 Å². The molecule has 1 amide bonds. The van der Waals surface area contributed by atoms with Crippen molar-refractivity contribution >= 4 is 18.3 Å². The molecule has 0 heterocycles. The van der Waals surface area contributed by atoms with Gasteiger partial charge in [-0.15, -0.1) is 12.4 Å². The van der Waals surface area contributed by atoms with Gasteiger partial charge in [0.25, 0.3) is 0 Å². The van der Waals surface area contributed by atoms with E-state index in [9.17, 15) is 4.79 Å². The number of carbonyl (C=O) groups is 1. The van der Waals surface area contributed by atoms with Crippen LogP contribution in [0.15, 0.2) is 30.3 Å². The molecule has 1 aromatic rings. The van der Waals surface area contributed by atoms with Crippen molar-refractivity contribution in [1.29, 1.82) is 0 Å². The molecule has 0 fully saturated rings. The first kappa shape index (κ1) is 17.9. The van der Waals surface area contributed by atoms with Crippen LogP contribution in [0.5, 0.6) is 0 Å². The standard InChI is InChI=1S/C15H24N2O.ClH/c1-11(2)12(3)10-17-14(18)15(4,16)13-8-6-5-7-9-13;/h5-9,11-12H,10,16H2,1-4H3,(H,17,18);1H. The average molecular weight is 285 g/mol. The lowest BCUT2D eigenvalue weighted by Gasteiger charge is -2.25. The molecule has 3 N–H and O–H groups in total. The number of rotatable bonds is 5. The monoisotopic (exact) mass is 284 g/mol. The number of hydrogen-bond donors (Lipinski definition) is 2. The van der Waals surface area contributed by atoms with Crippen molar-refractivity contribution in [2.75, 3.05) is 6.54 Å². The van der Waals surface area contributed by atoms with Crippen molar-refractivity contribution in [1.82, 2.24) is 5.32 Å². The summed E-state index contributed by atoms with van der Waals surface area (Å²) in [5, 5.41) is 2.94. The first-order valence-electron chi connectivity index (χ1n) is 6.48. The molecule has 0 aromatic heterocycles. The molecule has 2 atom stereocenters. The predicted octanol–water partition coefficient (Wildman–Crippen LogP) is 2.69. The van der Waals surface area contributed by atoms with Crippen LogP contribution in [0.25, 0.3) is 0 Å². The summed E-state index contributed by atoms with van der Waals surface area (Å²) in [5.74, 6) is 0.868. The van der Waals surface area contributed by atoms with E-state index in [0.717, 1.165) is 5.56 Å². The molecule has 0 aliphatic carbocycles. The fourth-order valence-electron chi connectivity index (χ4n) is 1.59. The Morgan fingerprint density at radius 3 is 2.26 bits per heavy atom. The van der Waals surface area contributed by atoms with E-state index in [1.54, 1.807) is 6.92 Å². The third-order valence-electron chi connectivity index (χ3n) is 3.57. The minimum absolute atomic E-state index is 0. The fourth-order valence-corrected chi connectivity index (χ4v) is 1.59. The Morgan fingerprint density at radius 1 is 1.26 bits per heavy atom. The molecule has 0 saturated heterocycles. The Morgan fingerprint density at radius 2 is 1.79 bits per heavy atom. The molecule has 4 heteroatoms. The molecule has 3 nitrogen and oxygen atoms in total. The second kappa shape index (κ2) is 7.51. The lowest BCUT2D eigenvalue weighted by molar-refractivity contribution is -0.126. The summed E-state index contributed by atoms with van der Waals surface area (Å²) >= 11 is 0. The van der Waals surface area contributed by atoms with Gasteiger partial charge in [-0.1, -0.05) is 51.1 Å². The van der Waals surface area contributed by atoms with E-state index >= 15 is 0 Å². The summed E-state index contributed by atoms with van der Waals surface area (Å²) < 4.78 is 0. The van der Waals surface area contributed by atoms with E-state index in [2.05, 4.69) is 26.1 Å². The van der Waals surface area contributed by atoms with Crippen LogP contribution in [-0.2, 0) is 10.3 Å². The summed E-state index contributed by atoms with van der Waals surface area (Å²) in [7, 11) is 0. The normalized spacial score (nSPS) is 15.3. The van der Waals surface area contributed by atoms with Crippen molar-refractivity contribution < 1.29 is 4.79 Å². The first-order chi connectivity index (χ1) is 8.35. The Hall–Kier alpha value is -1.06. The third kappa shape index (κ3) is 4.84. The quantitative estimate of drug-likeness (QED) is 0.873. The van der Waals surface area contributed by atoms with E-state index in [0.29, 0.717) is 18.4 Å². The van der Waals surface area contributed by atoms with E-state index < -0.39 is 5.54 Å². The zero-order chi connectivity index (χ0) is 13.8. The van der Waals surface area contributed by atoms with Gasteiger partial charge in [-0.25, -0.2) is 0 Å². The second-order valence-corrected chi connectivity index (χ2v) is 5.50.